The van der Waals surface area contributed by atoms with Gasteiger partial charge in [0.25, 0.3) is 5.91 Å². The molecule has 1 amide bonds. The lowest BCUT2D eigenvalue weighted by Gasteiger charge is -2.22. The summed E-state index contributed by atoms with van der Waals surface area (Å²) in [6.45, 7) is 1.29. The van der Waals surface area contributed by atoms with Crippen LogP contribution < -0.4 is 5.32 Å². The average molecular weight is 521 g/mol. The Hall–Kier alpha value is -2.35. The number of aromatic nitrogens is 3. The number of alkyl halides is 3. The number of nitriles is 1. The van der Waals surface area contributed by atoms with Gasteiger partial charge in [-0.2, -0.15) is 33.4 Å². The maximum absolute atomic E-state index is 12.7. The Bertz CT molecular complexity index is 1170. The van der Waals surface area contributed by atoms with Crippen molar-refractivity contribution in [3.8, 4) is 6.07 Å². The fourth-order valence-electron chi connectivity index (χ4n) is 2.60. The molecule has 0 saturated carbocycles. The number of benzene rings is 2. The second-order valence-electron chi connectivity index (χ2n) is 6.55. The van der Waals surface area contributed by atoms with Gasteiger partial charge >= 0.3 is 6.18 Å². The molecule has 3 rings (SSSR count). The molecule has 2 aromatic carbocycles. The van der Waals surface area contributed by atoms with Crippen molar-refractivity contribution in [1.29, 1.82) is 5.26 Å². The van der Waals surface area contributed by atoms with Gasteiger partial charge in [-0.25, -0.2) is 0 Å². The topological polar surface area (TPSA) is 83.6 Å². The second-order valence-corrected chi connectivity index (χ2v) is 8.16. The summed E-state index contributed by atoms with van der Waals surface area (Å²) in [4.78, 5) is 13.6. The Morgan fingerprint density at radius 3 is 2.37 bits per heavy atom. The highest BCUT2D eigenvalue weighted by molar-refractivity contribution is 9.10. The van der Waals surface area contributed by atoms with E-state index < -0.39 is 23.2 Å². The summed E-state index contributed by atoms with van der Waals surface area (Å²) in [6.07, 6.45) is -4.51. The largest absolute Gasteiger partial charge is 0.416 e. The molecule has 0 bridgehead atoms. The number of carbonyl (C=O) groups excluding carboxylic acids is 1. The molecule has 3 aromatic rings. The number of fused-ring (bicyclic) bond motifs is 1. The van der Waals surface area contributed by atoms with Crippen LogP contribution in [0.1, 0.15) is 22.8 Å². The number of hydrogen-bond donors (Lipinski definition) is 1. The van der Waals surface area contributed by atoms with Crippen molar-refractivity contribution in [1.82, 2.24) is 20.3 Å². The molecule has 156 valence electrons. The summed E-state index contributed by atoms with van der Waals surface area (Å²) in [6, 6.07) is 7.12. The van der Waals surface area contributed by atoms with Crippen molar-refractivity contribution < 1.29 is 18.0 Å². The van der Waals surface area contributed by atoms with Crippen LogP contribution in [0.3, 0.4) is 0 Å². The van der Waals surface area contributed by atoms with Gasteiger partial charge in [-0.05, 0) is 53.2 Å². The van der Waals surface area contributed by atoms with Crippen molar-refractivity contribution >= 4 is 56.1 Å². The van der Waals surface area contributed by atoms with E-state index in [1.807, 2.05) is 6.07 Å². The van der Waals surface area contributed by atoms with Crippen LogP contribution >= 0.6 is 39.1 Å². The average Bonchev–Trinajstić information content (AvgIpc) is 3.09. The third kappa shape index (κ3) is 4.53. The van der Waals surface area contributed by atoms with Gasteiger partial charge in [0.2, 0.25) is 0 Å². The normalized spacial score (nSPS) is 13.7. The first-order valence-corrected chi connectivity index (χ1v) is 9.78. The lowest BCUT2D eigenvalue weighted by Crippen LogP contribution is -2.48. The molecule has 0 aliphatic rings. The van der Waals surface area contributed by atoms with Crippen LogP contribution in [0.2, 0.25) is 10.0 Å². The van der Waals surface area contributed by atoms with Gasteiger partial charge in [-0.1, -0.05) is 23.2 Å². The van der Waals surface area contributed by atoms with E-state index in [0.717, 1.165) is 24.3 Å². The van der Waals surface area contributed by atoms with Crippen molar-refractivity contribution in [2.45, 2.75) is 25.2 Å². The van der Waals surface area contributed by atoms with Gasteiger partial charge < -0.3 is 5.32 Å². The predicted octanol–water partition coefficient (Wildman–Crippen LogP) is 5.23. The van der Waals surface area contributed by atoms with E-state index in [-0.39, 0.29) is 17.1 Å². The highest BCUT2D eigenvalue weighted by Crippen LogP contribution is 2.34. The Kier molecular flexibility index (Phi) is 6.00. The standard InChI is InChI=1S/C18H11BrCl2F3N5O/c1-17(7-25,26-16(30)9-2-4-10(5-3-9)18(22,23)24)8-29-27-14-12(21)6-11(20)13(19)15(14)28-29/h2-6H,8H2,1H3,(H,26,30). The second kappa shape index (κ2) is 8.06. The van der Waals surface area contributed by atoms with Crippen LogP contribution in [-0.4, -0.2) is 26.4 Å². The van der Waals surface area contributed by atoms with Crippen molar-refractivity contribution in [3.05, 3.63) is 56.0 Å². The first-order chi connectivity index (χ1) is 13.9. The van der Waals surface area contributed by atoms with E-state index in [0.29, 0.717) is 20.5 Å². The zero-order valence-electron chi connectivity index (χ0n) is 15.1. The number of nitrogens with zero attached hydrogens (tertiary/aromatic N) is 4. The number of hydrogen-bond acceptors (Lipinski definition) is 4. The summed E-state index contributed by atoms with van der Waals surface area (Å²) >= 11 is 15.5. The molecule has 30 heavy (non-hydrogen) atoms. The molecule has 12 heteroatoms. The summed E-state index contributed by atoms with van der Waals surface area (Å²) in [5.41, 5.74) is -1.64. The smallest absolute Gasteiger partial charge is 0.332 e. The minimum Gasteiger partial charge on any atom is -0.332 e. The lowest BCUT2D eigenvalue weighted by molar-refractivity contribution is -0.137. The van der Waals surface area contributed by atoms with Gasteiger partial charge in [0, 0.05) is 5.56 Å². The van der Waals surface area contributed by atoms with Crippen LogP contribution in [0.5, 0.6) is 0 Å². The lowest BCUT2D eigenvalue weighted by atomic mass is 10.0. The molecular formula is C18H11BrCl2F3N5O. The monoisotopic (exact) mass is 519 g/mol. The van der Waals surface area contributed by atoms with Crippen molar-refractivity contribution in [2.24, 2.45) is 0 Å². The van der Waals surface area contributed by atoms with Crippen LogP contribution in [-0.2, 0) is 12.7 Å². The summed E-state index contributed by atoms with van der Waals surface area (Å²) in [5.74, 6) is -0.716. The molecular weight excluding hydrogens is 510 g/mol. The molecule has 0 aliphatic carbocycles. The van der Waals surface area contributed by atoms with Crippen LogP contribution in [0.25, 0.3) is 11.0 Å². The zero-order valence-corrected chi connectivity index (χ0v) is 18.2. The van der Waals surface area contributed by atoms with Crippen molar-refractivity contribution in [2.75, 3.05) is 0 Å². The minimum absolute atomic E-state index is 0.0272. The van der Waals surface area contributed by atoms with Gasteiger partial charge in [0.1, 0.15) is 16.6 Å². The van der Waals surface area contributed by atoms with E-state index in [2.05, 4.69) is 31.4 Å². The predicted molar refractivity (Wildman–Crippen MR) is 108 cm³/mol. The van der Waals surface area contributed by atoms with E-state index >= 15 is 0 Å². The van der Waals surface area contributed by atoms with Gasteiger partial charge in [-0.3, -0.25) is 4.79 Å². The number of halogens is 6. The molecule has 1 unspecified atom stereocenters. The highest BCUT2D eigenvalue weighted by Gasteiger charge is 2.32. The molecule has 0 saturated heterocycles. The molecule has 0 fully saturated rings. The summed E-state index contributed by atoms with van der Waals surface area (Å²) in [7, 11) is 0. The molecule has 0 radical (unpaired) electrons. The van der Waals surface area contributed by atoms with Crippen molar-refractivity contribution in [3.63, 3.8) is 0 Å². The molecule has 0 spiro atoms. The minimum atomic E-state index is -4.51. The SMILES string of the molecule is CC(C#N)(Cn1nc2c(Cl)cc(Cl)c(Br)c2n1)NC(=O)c1ccc(C(F)(F)F)cc1. The van der Waals surface area contributed by atoms with E-state index in [4.69, 9.17) is 23.2 Å². The number of carbonyl (C=O) groups is 1. The third-order valence-corrected chi connectivity index (χ3v) is 5.74. The molecule has 1 atom stereocenters. The Balaban J connectivity index is 1.83. The van der Waals surface area contributed by atoms with Gasteiger partial charge in [0.15, 0.2) is 0 Å². The van der Waals surface area contributed by atoms with E-state index in [9.17, 15) is 23.2 Å². The quantitative estimate of drug-likeness (QED) is 0.477. The van der Waals surface area contributed by atoms with E-state index in [1.54, 1.807) is 0 Å². The Morgan fingerprint density at radius 1 is 1.20 bits per heavy atom. The molecule has 0 aliphatic heterocycles. The van der Waals surface area contributed by atoms with Gasteiger partial charge in [-0.15, -0.1) is 0 Å². The maximum atomic E-state index is 12.7. The first kappa shape index (κ1) is 22.3. The molecule has 1 N–H and O–H groups in total. The maximum Gasteiger partial charge on any atom is 0.416 e. The number of rotatable bonds is 4. The van der Waals surface area contributed by atoms with Gasteiger partial charge in [0.05, 0.1) is 32.7 Å². The Labute approximate surface area is 186 Å². The Morgan fingerprint density at radius 2 is 1.80 bits per heavy atom. The fraction of sp³-hybridized carbons (Fsp3) is 0.222. The van der Waals surface area contributed by atoms with Crippen LogP contribution in [0.15, 0.2) is 34.8 Å². The number of amides is 1. The molecule has 6 nitrogen and oxygen atoms in total. The summed E-state index contributed by atoms with van der Waals surface area (Å²) in [5, 5.41) is 21.1. The highest BCUT2D eigenvalue weighted by atomic mass is 79.9. The van der Waals surface area contributed by atoms with Crippen LogP contribution in [0, 0.1) is 11.3 Å². The summed E-state index contributed by atoms with van der Waals surface area (Å²) < 4.78 is 38.5. The number of nitrogens with one attached hydrogen (secondary N) is 1. The first-order valence-electron chi connectivity index (χ1n) is 8.23. The zero-order chi connectivity index (χ0) is 22.3. The molecule has 1 aromatic heterocycles. The third-order valence-electron chi connectivity index (χ3n) is 4.12. The fourth-order valence-corrected chi connectivity index (χ4v) is 3.47. The van der Waals surface area contributed by atoms with E-state index in [1.165, 1.54) is 17.8 Å². The van der Waals surface area contributed by atoms with Crippen LogP contribution in [0.4, 0.5) is 13.2 Å². The molecule has 1 heterocycles.